The highest BCUT2D eigenvalue weighted by Gasteiger charge is 2.08. The molecule has 3 aromatic rings. The molecule has 0 atom stereocenters. The van der Waals surface area contributed by atoms with Crippen LogP contribution in [0.25, 0.3) is 10.9 Å². The molecule has 6 heteroatoms. The lowest BCUT2D eigenvalue weighted by Gasteiger charge is -2.08. The van der Waals surface area contributed by atoms with Crippen molar-refractivity contribution >= 4 is 26.8 Å². The van der Waals surface area contributed by atoms with Crippen molar-refractivity contribution < 1.29 is 9.13 Å². The molecule has 0 aliphatic heterocycles. The number of benzene rings is 2. The van der Waals surface area contributed by atoms with Gasteiger partial charge in [0.25, 0.3) is 5.56 Å². The fraction of sp³-hybridized carbons (Fsp3) is 0.125. The van der Waals surface area contributed by atoms with Gasteiger partial charge >= 0.3 is 0 Å². The number of rotatable bonds is 3. The van der Waals surface area contributed by atoms with Crippen LogP contribution in [0.15, 0.2) is 52.0 Å². The molecular formula is C16H12BrFN2O2. The first-order valence-corrected chi connectivity index (χ1v) is 7.35. The Balaban J connectivity index is 2.02. The molecule has 0 fully saturated rings. The zero-order valence-electron chi connectivity index (χ0n) is 11.7. The minimum absolute atomic E-state index is 0.164. The summed E-state index contributed by atoms with van der Waals surface area (Å²) in [6.45, 7) is 0.245. The summed E-state index contributed by atoms with van der Waals surface area (Å²) in [4.78, 5) is 16.7. The van der Waals surface area contributed by atoms with Crippen LogP contribution in [0.2, 0.25) is 0 Å². The van der Waals surface area contributed by atoms with Gasteiger partial charge < -0.3 is 4.74 Å². The van der Waals surface area contributed by atoms with Crippen molar-refractivity contribution in [1.29, 1.82) is 0 Å². The predicted octanol–water partition coefficient (Wildman–Crippen LogP) is 3.36. The van der Waals surface area contributed by atoms with Gasteiger partial charge in [0, 0.05) is 4.47 Å². The topological polar surface area (TPSA) is 44.1 Å². The van der Waals surface area contributed by atoms with Gasteiger partial charge in [0.05, 0.1) is 30.9 Å². The van der Waals surface area contributed by atoms with E-state index in [0.717, 1.165) is 4.47 Å². The summed E-state index contributed by atoms with van der Waals surface area (Å²) in [5.74, 6) is -0.277. The van der Waals surface area contributed by atoms with Crippen molar-refractivity contribution in [2.45, 2.75) is 6.54 Å². The lowest BCUT2D eigenvalue weighted by Crippen LogP contribution is -2.21. The van der Waals surface area contributed by atoms with E-state index >= 15 is 0 Å². The Bertz CT molecular complexity index is 908. The van der Waals surface area contributed by atoms with E-state index in [4.69, 9.17) is 4.74 Å². The number of aromatic nitrogens is 2. The van der Waals surface area contributed by atoms with Gasteiger partial charge in [0.2, 0.25) is 0 Å². The van der Waals surface area contributed by atoms with Crippen LogP contribution in [0.3, 0.4) is 0 Å². The maximum absolute atomic E-state index is 13.7. The van der Waals surface area contributed by atoms with Crippen LogP contribution >= 0.6 is 15.9 Å². The van der Waals surface area contributed by atoms with E-state index in [2.05, 4.69) is 20.9 Å². The molecule has 0 radical (unpaired) electrons. The van der Waals surface area contributed by atoms with Crippen LogP contribution in [0.4, 0.5) is 4.39 Å². The Kier molecular flexibility index (Phi) is 3.94. The molecule has 2 aromatic carbocycles. The Hall–Kier alpha value is -2.21. The molecule has 0 aliphatic rings. The summed E-state index contributed by atoms with van der Waals surface area (Å²) in [5.41, 5.74) is 1.13. The van der Waals surface area contributed by atoms with Crippen molar-refractivity contribution in [1.82, 2.24) is 9.55 Å². The Morgan fingerprint density at radius 2 is 2.09 bits per heavy atom. The summed E-state index contributed by atoms with van der Waals surface area (Å²) in [7, 11) is 1.41. The van der Waals surface area contributed by atoms with Gasteiger partial charge in [-0.25, -0.2) is 9.37 Å². The van der Waals surface area contributed by atoms with E-state index in [9.17, 15) is 9.18 Å². The summed E-state index contributed by atoms with van der Waals surface area (Å²) < 4.78 is 20.9. The molecule has 3 rings (SSSR count). The summed E-state index contributed by atoms with van der Waals surface area (Å²) >= 11 is 3.34. The van der Waals surface area contributed by atoms with Crippen molar-refractivity contribution in [2.75, 3.05) is 7.11 Å². The highest BCUT2D eigenvalue weighted by atomic mass is 79.9. The lowest BCUT2D eigenvalue weighted by molar-refractivity contribution is 0.386. The smallest absolute Gasteiger partial charge is 0.261 e. The fourth-order valence-electron chi connectivity index (χ4n) is 2.25. The Morgan fingerprint density at radius 1 is 1.27 bits per heavy atom. The highest BCUT2D eigenvalue weighted by Crippen LogP contribution is 2.18. The average Bonchev–Trinajstić information content (AvgIpc) is 2.51. The van der Waals surface area contributed by atoms with Gasteiger partial charge in [-0.15, -0.1) is 0 Å². The van der Waals surface area contributed by atoms with Crippen molar-refractivity contribution in [3.63, 3.8) is 0 Å². The Morgan fingerprint density at radius 3 is 2.82 bits per heavy atom. The largest absolute Gasteiger partial charge is 0.494 e. The number of nitrogens with zero attached hydrogens (tertiary/aromatic N) is 2. The van der Waals surface area contributed by atoms with E-state index in [0.29, 0.717) is 16.5 Å². The monoisotopic (exact) mass is 362 g/mol. The zero-order valence-corrected chi connectivity index (χ0v) is 13.3. The second kappa shape index (κ2) is 5.88. The SMILES string of the molecule is COc1ccc(Cn2cnc3ccc(Br)cc3c2=O)cc1F. The van der Waals surface area contributed by atoms with Gasteiger partial charge in [-0.3, -0.25) is 9.36 Å². The molecule has 0 amide bonds. The van der Waals surface area contributed by atoms with Gasteiger partial charge in [-0.1, -0.05) is 22.0 Å². The van der Waals surface area contributed by atoms with Crippen LogP contribution in [0.5, 0.6) is 5.75 Å². The first-order valence-electron chi connectivity index (χ1n) is 6.55. The van der Waals surface area contributed by atoms with E-state index < -0.39 is 5.82 Å². The maximum Gasteiger partial charge on any atom is 0.261 e. The fourth-order valence-corrected chi connectivity index (χ4v) is 2.61. The standard InChI is InChI=1S/C16H12BrFN2O2/c1-22-15-5-2-10(6-13(15)18)8-20-9-19-14-4-3-11(17)7-12(14)16(20)21/h2-7,9H,8H2,1H3. The average molecular weight is 363 g/mol. The quantitative estimate of drug-likeness (QED) is 0.717. The van der Waals surface area contributed by atoms with Crippen molar-refractivity contribution in [2.24, 2.45) is 0 Å². The molecule has 0 aliphatic carbocycles. The molecule has 0 N–H and O–H groups in total. The first-order chi connectivity index (χ1) is 10.6. The number of fused-ring (bicyclic) bond motifs is 1. The van der Waals surface area contributed by atoms with Gasteiger partial charge in [-0.05, 0) is 35.9 Å². The zero-order chi connectivity index (χ0) is 15.7. The molecule has 22 heavy (non-hydrogen) atoms. The second-order valence-corrected chi connectivity index (χ2v) is 5.72. The third-order valence-electron chi connectivity index (χ3n) is 3.36. The van der Waals surface area contributed by atoms with Gasteiger partial charge in [0.15, 0.2) is 11.6 Å². The van der Waals surface area contributed by atoms with E-state index in [1.165, 1.54) is 24.1 Å². The third kappa shape index (κ3) is 2.74. The van der Waals surface area contributed by atoms with Crippen LogP contribution in [-0.4, -0.2) is 16.7 Å². The second-order valence-electron chi connectivity index (χ2n) is 4.81. The summed E-state index contributed by atoms with van der Waals surface area (Å²) in [5, 5.41) is 0.519. The lowest BCUT2D eigenvalue weighted by atomic mass is 10.2. The minimum atomic E-state index is -0.454. The molecule has 1 heterocycles. The van der Waals surface area contributed by atoms with Crippen molar-refractivity contribution in [3.05, 3.63) is 68.9 Å². The third-order valence-corrected chi connectivity index (χ3v) is 3.85. The molecule has 4 nitrogen and oxygen atoms in total. The highest BCUT2D eigenvalue weighted by molar-refractivity contribution is 9.10. The van der Waals surface area contributed by atoms with Crippen LogP contribution < -0.4 is 10.3 Å². The number of hydrogen-bond donors (Lipinski definition) is 0. The van der Waals surface area contributed by atoms with E-state index in [1.54, 1.807) is 24.3 Å². The molecule has 0 saturated heterocycles. The van der Waals surface area contributed by atoms with E-state index in [1.807, 2.05) is 6.07 Å². The molecule has 0 spiro atoms. The Labute approximate surface area is 134 Å². The number of hydrogen-bond acceptors (Lipinski definition) is 3. The molecule has 1 aromatic heterocycles. The maximum atomic E-state index is 13.7. The molecule has 0 bridgehead atoms. The van der Waals surface area contributed by atoms with Gasteiger partial charge in [-0.2, -0.15) is 0 Å². The minimum Gasteiger partial charge on any atom is -0.494 e. The number of halogens is 2. The number of methoxy groups -OCH3 is 1. The molecule has 0 saturated carbocycles. The predicted molar refractivity (Wildman–Crippen MR) is 85.8 cm³/mol. The van der Waals surface area contributed by atoms with Gasteiger partial charge in [0.1, 0.15) is 0 Å². The molecular weight excluding hydrogens is 351 g/mol. The molecule has 0 unspecified atom stereocenters. The number of ether oxygens (including phenoxy) is 1. The van der Waals surface area contributed by atoms with Crippen molar-refractivity contribution in [3.8, 4) is 5.75 Å². The summed E-state index contributed by atoms with van der Waals surface area (Å²) in [6.07, 6.45) is 1.47. The van der Waals surface area contributed by atoms with Crippen LogP contribution in [0, 0.1) is 5.82 Å². The van der Waals surface area contributed by atoms with Crippen LogP contribution in [0.1, 0.15) is 5.56 Å². The summed E-state index contributed by atoms with van der Waals surface area (Å²) in [6, 6.07) is 9.96. The van der Waals surface area contributed by atoms with Crippen LogP contribution in [-0.2, 0) is 6.54 Å². The molecule has 112 valence electrons. The van der Waals surface area contributed by atoms with E-state index in [-0.39, 0.29) is 17.9 Å². The normalized spacial score (nSPS) is 10.9. The first kappa shape index (κ1) is 14.7.